The Morgan fingerprint density at radius 2 is 1.94 bits per heavy atom. The largest absolute Gasteiger partial charge is 0.480 e. The van der Waals surface area contributed by atoms with Gasteiger partial charge in [-0.1, -0.05) is 13.8 Å². The van der Waals surface area contributed by atoms with Crippen molar-refractivity contribution in [1.29, 1.82) is 0 Å². The molecule has 0 spiro atoms. The van der Waals surface area contributed by atoms with Crippen LogP contribution in [0.25, 0.3) is 0 Å². The van der Waals surface area contributed by atoms with E-state index in [9.17, 15) is 24.1 Å². The van der Waals surface area contributed by atoms with Gasteiger partial charge in [-0.05, 0) is 24.5 Å². The van der Waals surface area contributed by atoms with E-state index in [-0.39, 0.29) is 35.5 Å². The molecule has 1 amide bonds. The summed E-state index contributed by atoms with van der Waals surface area (Å²) in [5, 5.41) is 22.1. The van der Waals surface area contributed by atoms with Crippen LogP contribution >= 0.6 is 7.60 Å². The Labute approximate surface area is 184 Å². The molecule has 0 radical (unpaired) electrons. The summed E-state index contributed by atoms with van der Waals surface area (Å²) in [4.78, 5) is 58.3. The lowest BCUT2D eigenvalue weighted by Crippen LogP contribution is -2.41. The number of amides is 1. The number of aliphatic carboxylic acids is 1. The molecule has 1 atom stereocenters. The number of aliphatic imine (C=N–C) groups is 1. The third kappa shape index (κ3) is 7.77. The number of methoxy groups -OCH3 is 1. The maximum Gasteiger partial charge on any atom is 0.339 e. The minimum absolute atomic E-state index is 0.0124. The fourth-order valence-corrected chi connectivity index (χ4v) is 2.87. The van der Waals surface area contributed by atoms with Crippen LogP contribution in [-0.4, -0.2) is 74.1 Å². The molecule has 32 heavy (non-hydrogen) atoms. The molecule has 1 aliphatic heterocycles. The Bertz CT molecular complexity index is 944. The van der Waals surface area contributed by atoms with Crippen molar-refractivity contribution in [3.8, 4) is 0 Å². The second kappa shape index (κ2) is 11.2. The van der Waals surface area contributed by atoms with E-state index in [0.29, 0.717) is 5.56 Å². The molecule has 0 fully saturated rings. The van der Waals surface area contributed by atoms with Crippen molar-refractivity contribution in [3.05, 3.63) is 29.1 Å². The molecule has 13 nitrogen and oxygen atoms in total. The SMILES string of the molecule is COCc1cnc(C2=NC(C)(C(C)C)C(=O)N2)c(C(=O)O)c1.O=C(O)CNCP(=O)(O)O. The van der Waals surface area contributed by atoms with Crippen LogP contribution in [0.1, 0.15) is 42.4 Å². The average Bonchev–Trinajstić information content (AvgIpc) is 2.97. The lowest BCUT2D eigenvalue weighted by Gasteiger charge is -2.21. The number of aromatic nitrogens is 1. The van der Waals surface area contributed by atoms with Crippen molar-refractivity contribution in [1.82, 2.24) is 15.6 Å². The number of rotatable bonds is 9. The van der Waals surface area contributed by atoms with Gasteiger partial charge in [0, 0.05) is 13.3 Å². The van der Waals surface area contributed by atoms with Crippen molar-refractivity contribution >= 4 is 31.3 Å². The Morgan fingerprint density at radius 1 is 1.31 bits per heavy atom. The van der Waals surface area contributed by atoms with Gasteiger partial charge in [0.2, 0.25) is 0 Å². The Balaban J connectivity index is 0.000000433. The first kappa shape index (κ1) is 27.3. The predicted octanol–water partition coefficient (Wildman–Crippen LogP) is 0.0131. The van der Waals surface area contributed by atoms with Crippen LogP contribution in [0.2, 0.25) is 0 Å². The predicted molar refractivity (Wildman–Crippen MR) is 112 cm³/mol. The smallest absolute Gasteiger partial charge is 0.339 e. The quantitative estimate of drug-likeness (QED) is 0.263. The number of carboxylic acid groups (broad SMARTS) is 2. The summed E-state index contributed by atoms with van der Waals surface area (Å²) < 4.78 is 15.0. The number of hydrogen-bond donors (Lipinski definition) is 6. The lowest BCUT2D eigenvalue weighted by atomic mass is 9.89. The van der Waals surface area contributed by atoms with E-state index in [1.807, 2.05) is 13.8 Å². The van der Waals surface area contributed by atoms with Crippen LogP contribution in [0.5, 0.6) is 0 Å². The summed E-state index contributed by atoms with van der Waals surface area (Å²) in [7, 11) is -2.58. The number of amidine groups is 1. The van der Waals surface area contributed by atoms with Crippen molar-refractivity contribution in [3.63, 3.8) is 0 Å². The number of nitrogens with zero attached hydrogens (tertiary/aromatic N) is 2. The number of carbonyl (C=O) groups excluding carboxylic acids is 1. The molecule has 6 N–H and O–H groups in total. The zero-order chi connectivity index (χ0) is 24.7. The van der Waals surface area contributed by atoms with E-state index >= 15 is 0 Å². The summed E-state index contributed by atoms with van der Waals surface area (Å²) in [6, 6.07) is 1.48. The molecular weight excluding hydrogens is 447 g/mol. The van der Waals surface area contributed by atoms with Gasteiger partial charge in [0.25, 0.3) is 5.91 Å². The zero-order valence-corrected chi connectivity index (χ0v) is 18.9. The molecule has 14 heteroatoms. The number of carboxylic acids is 2. The fourth-order valence-electron chi connectivity index (χ4n) is 2.46. The van der Waals surface area contributed by atoms with E-state index in [1.54, 1.807) is 6.92 Å². The van der Waals surface area contributed by atoms with Crippen LogP contribution in [0, 0.1) is 5.92 Å². The molecule has 2 heterocycles. The van der Waals surface area contributed by atoms with Gasteiger partial charge in [0.05, 0.1) is 25.0 Å². The standard InChI is InChI=1S/C15H19N3O4.C3H8NO5P/c1-8(2)15(3)14(21)17-12(18-15)11-10(13(19)20)5-9(6-16-11)7-22-4;5-3(6)1-4-2-10(7,8)9/h5-6,8H,7H2,1-4H3,(H,19,20)(H,17,18,21);4H,1-2H2,(H,5,6)(H2,7,8,9). The molecule has 2 rings (SSSR count). The van der Waals surface area contributed by atoms with Gasteiger partial charge in [0.15, 0.2) is 5.84 Å². The highest BCUT2D eigenvalue weighted by molar-refractivity contribution is 7.51. The number of carbonyl (C=O) groups is 3. The third-order valence-corrected chi connectivity index (χ3v) is 5.10. The van der Waals surface area contributed by atoms with Crippen molar-refractivity contribution < 1.29 is 43.7 Å². The second-order valence-electron chi connectivity index (χ2n) is 7.34. The number of nitrogens with one attached hydrogen (secondary N) is 2. The van der Waals surface area contributed by atoms with Crippen LogP contribution in [0.15, 0.2) is 17.3 Å². The van der Waals surface area contributed by atoms with Gasteiger partial charge < -0.3 is 30.1 Å². The summed E-state index contributed by atoms with van der Waals surface area (Å²) in [6.45, 7) is 5.32. The number of ether oxygens (including phenoxy) is 1. The first-order chi connectivity index (χ1) is 14.7. The van der Waals surface area contributed by atoms with E-state index in [2.05, 4.69) is 20.6 Å². The molecule has 0 aliphatic carbocycles. The summed E-state index contributed by atoms with van der Waals surface area (Å²) >= 11 is 0. The summed E-state index contributed by atoms with van der Waals surface area (Å²) in [6.07, 6.45) is 0.921. The normalized spacial score (nSPS) is 18.0. The Morgan fingerprint density at radius 3 is 2.38 bits per heavy atom. The monoisotopic (exact) mass is 474 g/mol. The number of hydrogen-bond acceptors (Lipinski definition) is 8. The number of aromatic carboxylic acids is 1. The molecule has 1 aliphatic rings. The van der Waals surface area contributed by atoms with E-state index < -0.39 is 37.9 Å². The van der Waals surface area contributed by atoms with Crippen LogP contribution in [0.4, 0.5) is 0 Å². The van der Waals surface area contributed by atoms with Gasteiger partial charge in [-0.2, -0.15) is 0 Å². The second-order valence-corrected chi connectivity index (χ2v) is 8.98. The molecular formula is C18H27N4O9P. The Kier molecular flexibility index (Phi) is 9.61. The highest BCUT2D eigenvalue weighted by atomic mass is 31.2. The first-order valence-electron chi connectivity index (χ1n) is 9.31. The van der Waals surface area contributed by atoms with E-state index in [0.717, 1.165) is 0 Å². The van der Waals surface area contributed by atoms with Crippen molar-refractivity contribution in [2.75, 3.05) is 19.9 Å². The molecule has 0 aromatic carbocycles. The minimum atomic E-state index is -4.10. The van der Waals surface area contributed by atoms with Gasteiger partial charge in [0.1, 0.15) is 11.2 Å². The Hall–Kier alpha value is -2.70. The van der Waals surface area contributed by atoms with Crippen molar-refractivity contribution in [2.24, 2.45) is 10.9 Å². The highest BCUT2D eigenvalue weighted by Crippen LogP contribution is 2.31. The zero-order valence-electron chi connectivity index (χ0n) is 18.0. The van der Waals surface area contributed by atoms with Gasteiger partial charge >= 0.3 is 19.5 Å². The maximum absolute atomic E-state index is 12.2. The molecule has 178 valence electrons. The molecule has 0 saturated heterocycles. The van der Waals surface area contributed by atoms with Crippen molar-refractivity contribution in [2.45, 2.75) is 32.9 Å². The first-order valence-corrected chi connectivity index (χ1v) is 11.1. The maximum atomic E-state index is 12.2. The van der Waals surface area contributed by atoms with E-state index in [4.69, 9.17) is 19.6 Å². The molecule has 1 unspecified atom stereocenters. The molecule has 0 saturated carbocycles. The minimum Gasteiger partial charge on any atom is -0.480 e. The van der Waals surface area contributed by atoms with Crippen LogP contribution in [-0.2, 0) is 25.5 Å². The van der Waals surface area contributed by atoms with Gasteiger partial charge in [-0.15, -0.1) is 0 Å². The van der Waals surface area contributed by atoms with E-state index in [1.165, 1.54) is 19.4 Å². The summed E-state index contributed by atoms with van der Waals surface area (Å²) in [5.74, 6) is -2.35. The third-order valence-electron chi connectivity index (χ3n) is 4.46. The van der Waals surface area contributed by atoms with Gasteiger partial charge in [-0.3, -0.25) is 24.5 Å². The number of pyridine rings is 1. The van der Waals surface area contributed by atoms with Crippen LogP contribution in [0.3, 0.4) is 0 Å². The average molecular weight is 474 g/mol. The molecule has 1 aromatic rings. The molecule has 1 aromatic heterocycles. The highest BCUT2D eigenvalue weighted by Gasteiger charge is 2.43. The lowest BCUT2D eigenvalue weighted by molar-refractivity contribution is -0.135. The summed E-state index contributed by atoms with van der Waals surface area (Å²) in [5.41, 5.74) is -0.135. The van der Waals surface area contributed by atoms with Gasteiger partial charge in [-0.25, -0.2) is 9.79 Å². The molecule has 0 bridgehead atoms. The van der Waals surface area contributed by atoms with Crippen LogP contribution < -0.4 is 10.6 Å². The fraction of sp³-hybridized carbons (Fsp3) is 0.500. The topological polar surface area (TPSA) is 208 Å².